The highest BCUT2D eigenvalue weighted by atomic mass is 31.2. The minimum atomic E-state index is -3.59. The number of nitrogens with zero attached hydrogens (tertiary/aromatic N) is 1. The number of piperidine rings is 1. The maximum Gasteiger partial charge on any atom is 0.323 e. The van der Waals surface area contributed by atoms with Gasteiger partial charge in [-0.3, -0.25) is 14.2 Å². The van der Waals surface area contributed by atoms with E-state index in [1.54, 1.807) is 0 Å². The highest BCUT2D eigenvalue weighted by Crippen LogP contribution is 2.38. The van der Waals surface area contributed by atoms with E-state index < -0.39 is 25.4 Å². The average Bonchev–Trinajstić information content (AvgIpc) is 2.50. The van der Waals surface area contributed by atoms with Crippen LogP contribution in [0, 0.1) is 0 Å². The van der Waals surface area contributed by atoms with Gasteiger partial charge >= 0.3 is 5.97 Å². The molecule has 0 saturated carbocycles. The first-order valence-corrected chi connectivity index (χ1v) is 10.5. The van der Waals surface area contributed by atoms with Gasteiger partial charge in [-0.05, 0) is 32.2 Å². The summed E-state index contributed by atoms with van der Waals surface area (Å²) < 4.78 is 12.2. The molecule has 1 fully saturated rings. The first-order chi connectivity index (χ1) is 11.4. The standard InChI is InChI=1S/C15H30N3O5P/c16-9-5-3-1-2-4-6-11-24(22,23)17-13-8-7-10-18(15(13)21)12-14(19)20/h13H,1-12,16H2,(H,19,20)(H2,17,22,23)/t13-/m0/s1. The van der Waals surface area contributed by atoms with Crippen molar-refractivity contribution in [2.75, 3.05) is 25.8 Å². The van der Waals surface area contributed by atoms with Crippen LogP contribution in [-0.4, -0.2) is 58.6 Å². The van der Waals surface area contributed by atoms with Crippen LogP contribution in [0.4, 0.5) is 0 Å². The van der Waals surface area contributed by atoms with Crippen molar-refractivity contribution < 1.29 is 24.2 Å². The number of hydrogen-bond donors (Lipinski definition) is 4. The van der Waals surface area contributed by atoms with Gasteiger partial charge in [-0.15, -0.1) is 0 Å². The van der Waals surface area contributed by atoms with Crippen LogP contribution in [-0.2, 0) is 14.2 Å². The number of unbranched alkanes of at least 4 members (excludes halogenated alkanes) is 5. The van der Waals surface area contributed by atoms with Crippen molar-refractivity contribution >= 4 is 19.4 Å². The Morgan fingerprint density at radius 2 is 1.88 bits per heavy atom. The Balaban J connectivity index is 2.33. The molecule has 1 heterocycles. The Morgan fingerprint density at radius 3 is 2.50 bits per heavy atom. The molecular weight excluding hydrogens is 333 g/mol. The van der Waals surface area contributed by atoms with Crippen LogP contribution in [0.3, 0.4) is 0 Å². The van der Waals surface area contributed by atoms with Gasteiger partial charge in [0.1, 0.15) is 6.54 Å². The zero-order valence-corrected chi connectivity index (χ0v) is 15.0. The third-order valence-corrected chi connectivity index (χ3v) is 5.77. The minimum Gasteiger partial charge on any atom is -0.480 e. The van der Waals surface area contributed by atoms with Gasteiger partial charge in [0.25, 0.3) is 7.52 Å². The first-order valence-electron chi connectivity index (χ1n) is 8.66. The molecule has 8 nitrogen and oxygen atoms in total. The van der Waals surface area contributed by atoms with Crippen molar-refractivity contribution in [2.45, 2.75) is 57.4 Å². The molecule has 2 atom stereocenters. The molecular formula is C15H30N3O5P. The molecule has 1 aliphatic heterocycles. The fourth-order valence-corrected chi connectivity index (χ4v) is 4.37. The molecule has 5 N–H and O–H groups in total. The quantitative estimate of drug-likeness (QED) is 0.302. The number of likely N-dealkylation sites (tertiary alicyclic amines) is 1. The summed E-state index contributed by atoms with van der Waals surface area (Å²) in [6, 6.07) is -0.765. The van der Waals surface area contributed by atoms with Crippen LogP contribution in [0.1, 0.15) is 51.4 Å². The van der Waals surface area contributed by atoms with E-state index in [-0.39, 0.29) is 12.7 Å². The number of carbonyl (C=O) groups is 2. The highest BCUT2D eigenvalue weighted by Gasteiger charge is 2.33. The second kappa shape index (κ2) is 10.8. The molecule has 1 unspecified atom stereocenters. The van der Waals surface area contributed by atoms with Gasteiger partial charge in [0.05, 0.1) is 6.04 Å². The summed E-state index contributed by atoms with van der Waals surface area (Å²) in [4.78, 5) is 34.2. The van der Waals surface area contributed by atoms with Crippen molar-refractivity contribution in [3.05, 3.63) is 0 Å². The number of nitrogens with two attached hydrogens (primary N) is 1. The van der Waals surface area contributed by atoms with Gasteiger partial charge in [-0.1, -0.05) is 25.7 Å². The molecule has 140 valence electrons. The lowest BCUT2D eigenvalue weighted by Crippen LogP contribution is -2.51. The predicted molar refractivity (Wildman–Crippen MR) is 91.8 cm³/mol. The Kier molecular flexibility index (Phi) is 9.51. The summed E-state index contributed by atoms with van der Waals surface area (Å²) in [5, 5.41) is 11.4. The lowest BCUT2D eigenvalue weighted by Gasteiger charge is -2.32. The zero-order chi connectivity index (χ0) is 18.0. The fourth-order valence-electron chi connectivity index (χ4n) is 2.87. The summed E-state index contributed by atoms with van der Waals surface area (Å²) in [6.45, 7) is 0.710. The Morgan fingerprint density at radius 1 is 1.25 bits per heavy atom. The number of rotatable bonds is 12. The van der Waals surface area contributed by atoms with Crippen LogP contribution < -0.4 is 10.8 Å². The lowest BCUT2D eigenvalue weighted by atomic mass is 10.1. The second-order valence-corrected chi connectivity index (χ2v) is 8.42. The van der Waals surface area contributed by atoms with Crippen molar-refractivity contribution in [3.8, 4) is 0 Å². The van der Waals surface area contributed by atoms with Crippen molar-refractivity contribution in [3.63, 3.8) is 0 Å². The molecule has 9 heteroatoms. The van der Waals surface area contributed by atoms with E-state index in [1.807, 2.05) is 0 Å². The molecule has 1 rings (SSSR count). The van der Waals surface area contributed by atoms with Crippen LogP contribution in [0.15, 0.2) is 0 Å². The van der Waals surface area contributed by atoms with Crippen LogP contribution >= 0.6 is 7.52 Å². The SMILES string of the molecule is NCCCCCCCCP(=O)(O)N[C@H]1CCCN(CC(=O)O)C1=O. The van der Waals surface area contributed by atoms with Gasteiger partial charge < -0.3 is 20.6 Å². The molecule has 1 saturated heterocycles. The van der Waals surface area contributed by atoms with Gasteiger partial charge in [0.15, 0.2) is 0 Å². The Bertz CT molecular complexity index is 460. The number of aliphatic carboxylic acids is 1. The van der Waals surface area contributed by atoms with E-state index in [2.05, 4.69) is 5.09 Å². The van der Waals surface area contributed by atoms with Crippen molar-refractivity contribution in [2.24, 2.45) is 5.73 Å². The first kappa shape index (κ1) is 21.1. The van der Waals surface area contributed by atoms with Crippen molar-refractivity contribution in [1.29, 1.82) is 0 Å². The molecule has 24 heavy (non-hydrogen) atoms. The molecule has 0 radical (unpaired) electrons. The third kappa shape index (κ3) is 8.24. The van der Waals surface area contributed by atoms with Gasteiger partial charge in [0.2, 0.25) is 5.91 Å². The topological polar surface area (TPSA) is 133 Å². The average molecular weight is 363 g/mol. The maximum atomic E-state index is 12.2. The summed E-state index contributed by atoms with van der Waals surface area (Å²) in [5.74, 6) is -1.48. The largest absolute Gasteiger partial charge is 0.480 e. The minimum absolute atomic E-state index is 0.132. The Labute approximate surface area is 143 Å². The molecule has 0 aromatic carbocycles. The predicted octanol–water partition coefficient (Wildman–Crippen LogP) is 1.14. The van der Waals surface area contributed by atoms with Gasteiger partial charge in [-0.2, -0.15) is 0 Å². The maximum absolute atomic E-state index is 12.2. The van der Waals surface area contributed by atoms with E-state index in [0.29, 0.717) is 32.4 Å². The molecule has 0 spiro atoms. The van der Waals surface area contributed by atoms with Gasteiger partial charge in [0, 0.05) is 12.7 Å². The number of carbonyl (C=O) groups excluding carboxylic acids is 1. The summed E-state index contributed by atoms with van der Waals surface area (Å²) in [5.41, 5.74) is 5.42. The van der Waals surface area contributed by atoms with E-state index in [0.717, 1.165) is 32.1 Å². The highest BCUT2D eigenvalue weighted by molar-refractivity contribution is 7.55. The number of carboxylic acid groups (broad SMARTS) is 1. The molecule has 0 aromatic rings. The van der Waals surface area contributed by atoms with Crippen LogP contribution in [0.2, 0.25) is 0 Å². The number of carboxylic acids is 1. The normalized spacial score (nSPS) is 20.8. The summed E-state index contributed by atoms with van der Waals surface area (Å²) in [7, 11) is -3.59. The summed E-state index contributed by atoms with van der Waals surface area (Å²) in [6.07, 6.45) is 6.89. The van der Waals surface area contributed by atoms with E-state index in [9.17, 15) is 19.0 Å². The monoisotopic (exact) mass is 363 g/mol. The molecule has 0 aromatic heterocycles. The number of amides is 1. The molecule has 0 aliphatic carbocycles. The zero-order valence-electron chi connectivity index (χ0n) is 14.2. The van der Waals surface area contributed by atoms with Gasteiger partial charge in [-0.25, -0.2) is 5.09 Å². The van der Waals surface area contributed by atoms with E-state index >= 15 is 0 Å². The summed E-state index contributed by atoms with van der Waals surface area (Å²) >= 11 is 0. The van der Waals surface area contributed by atoms with Crippen LogP contribution in [0.5, 0.6) is 0 Å². The Hall–Kier alpha value is -0.950. The van der Waals surface area contributed by atoms with E-state index in [4.69, 9.17) is 10.8 Å². The third-order valence-electron chi connectivity index (χ3n) is 4.13. The van der Waals surface area contributed by atoms with Crippen LogP contribution in [0.25, 0.3) is 0 Å². The van der Waals surface area contributed by atoms with E-state index in [1.165, 1.54) is 4.90 Å². The molecule has 1 amide bonds. The fraction of sp³-hybridized carbons (Fsp3) is 0.867. The molecule has 1 aliphatic rings. The smallest absolute Gasteiger partial charge is 0.323 e. The molecule has 0 bridgehead atoms. The second-order valence-electron chi connectivity index (χ2n) is 6.31. The van der Waals surface area contributed by atoms with Crippen molar-refractivity contribution in [1.82, 2.24) is 9.99 Å². The lowest BCUT2D eigenvalue weighted by molar-refractivity contribution is -0.146. The number of hydrogen-bond acceptors (Lipinski definition) is 4. The number of nitrogens with one attached hydrogen (secondary N) is 1.